The number of halogens is 6. The van der Waals surface area contributed by atoms with Crippen molar-refractivity contribution < 1.29 is 50.3 Å². The molecule has 0 spiro atoms. The number of hydrogen-bond acceptors (Lipinski definition) is 7. The molecule has 0 radical (unpaired) electrons. The second kappa shape index (κ2) is 13.1. The Bertz CT molecular complexity index is 575. The Morgan fingerprint density at radius 1 is 0.677 bits per heavy atom. The normalized spacial score (nSPS) is 13.8. The van der Waals surface area contributed by atoms with Crippen molar-refractivity contribution in [3.63, 3.8) is 0 Å². The number of esters is 2. The first kappa shape index (κ1) is 28.6. The van der Waals surface area contributed by atoms with Gasteiger partial charge in [0, 0.05) is 0 Å². The minimum Gasteiger partial charge on any atom is -0.390 e. The van der Waals surface area contributed by atoms with Crippen molar-refractivity contribution in [2.24, 2.45) is 11.5 Å². The smallest absolute Gasteiger partial charge is 0.390 e. The van der Waals surface area contributed by atoms with Crippen LogP contribution >= 0.6 is 0 Å². The maximum absolute atomic E-state index is 12.5. The van der Waals surface area contributed by atoms with Crippen LogP contribution in [0, 0.1) is 0 Å². The van der Waals surface area contributed by atoms with E-state index in [9.17, 15) is 45.5 Å². The van der Waals surface area contributed by atoms with Crippen molar-refractivity contribution in [2.75, 3.05) is 13.1 Å². The third-order valence-corrected chi connectivity index (χ3v) is 3.79. The average Bonchev–Trinajstić information content (AvgIpc) is 2.64. The molecule has 0 saturated heterocycles. The lowest BCUT2D eigenvalue weighted by molar-refractivity contribution is -0.178. The zero-order valence-corrected chi connectivity index (χ0v) is 16.3. The van der Waals surface area contributed by atoms with E-state index in [0.717, 1.165) is 0 Å². The van der Waals surface area contributed by atoms with Crippen LogP contribution in [0.1, 0.15) is 38.5 Å². The van der Waals surface area contributed by atoms with Gasteiger partial charge in [-0.3, -0.25) is 9.59 Å². The van der Waals surface area contributed by atoms with Gasteiger partial charge in [0.1, 0.15) is 12.1 Å². The number of amides is 2. The van der Waals surface area contributed by atoms with E-state index in [1.807, 2.05) is 0 Å². The maximum Gasteiger partial charge on any atom is 0.471 e. The molecule has 0 aliphatic heterocycles. The zero-order chi connectivity index (χ0) is 24.2. The number of alkyl halides is 6. The maximum atomic E-state index is 12.5. The molecule has 2 atom stereocenters. The van der Waals surface area contributed by atoms with Crippen molar-refractivity contribution in [1.82, 2.24) is 10.6 Å². The fourth-order valence-electron chi connectivity index (χ4n) is 2.21. The van der Waals surface area contributed by atoms with Crippen molar-refractivity contribution in [1.29, 1.82) is 0 Å². The first-order chi connectivity index (χ1) is 14.2. The Kier molecular flexibility index (Phi) is 12.1. The molecule has 0 aromatic carbocycles. The van der Waals surface area contributed by atoms with Gasteiger partial charge in [0.15, 0.2) is 0 Å². The van der Waals surface area contributed by atoms with Crippen molar-refractivity contribution in [3.05, 3.63) is 0 Å². The molecule has 0 aliphatic carbocycles. The summed E-state index contributed by atoms with van der Waals surface area (Å²) in [5.41, 5.74) is 10.5. The molecular weight excluding hydrogens is 442 g/mol. The number of rotatable bonds is 12. The summed E-state index contributed by atoms with van der Waals surface area (Å²) in [5, 5.41) is 2.72. The van der Waals surface area contributed by atoms with Crippen LogP contribution in [0.5, 0.6) is 0 Å². The van der Waals surface area contributed by atoms with Gasteiger partial charge < -0.3 is 26.8 Å². The van der Waals surface area contributed by atoms with Gasteiger partial charge in [-0.25, -0.2) is 9.59 Å². The fraction of sp³-hybridized carbons (Fsp3) is 0.750. The zero-order valence-electron chi connectivity index (χ0n) is 16.3. The van der Waals surface area contributed by atoms with Gasteiger partial charge >= 0.3 is 36.1 Å². The Hall–Kier alpha value is -2.42. The molecule has 31 heavy (non-hydrogen) atoms. The summed E-state index contributed by atoms with van der Waals surface area (Å²) in [6.45, 7) is 0.251. The first-order valence-electron chi connectivity index (χ1n) is 9.15. The number of nitrogens with two attached hydrogens (primary N) is 2. The van der Waals surface area contributed by atoms with Gasteiger partial charge in [-0.1, -0.05) is 0 Å². The van der Waals surface area contributed by atoms with E-state index >= 15 is 0 Å². The van der Waals surface area contributed by atoms with Crippen LogP contribution in [0.2, 0.25) is 0 Å². The van der Waals surface area contributed by atoms with E-state index in [1.165, 1.54) is 10.6 Å². The molecule has 0 heterocycles. The molecule has 15 heteroatoms. The highest BCUT2D eigenvalue weighted by Crippen LogP contribution is 2.17. The Morgan fingerprint density at radius 2 is 1.00 bits per heavy atom. The predicted molar refractivity (Wildman–Crippen MR) is 92.9 cm³/mol. The topological polar surface area (TPSA) is 154 Å². The number of carbonyl (C=O) groups excluding carboxylic acids is 4. The molecule has 0 aromatic heterocycles. The molecule has 0 aromatic rings. The Balaban J connectivity index is 5.32. The van der Waals surface area contributed by atoms with E-state index < -0.39 is 48.2 Å². The van der Waals surface area contributed by atoms with Gasteiger partial charge in [-0.15, -0.1) is 0 Å². The molecule has 9 nitrogen and oxygen atoms in total. The third kappa shape index (κ3) is 11.5. The van der Waals surface area contributed by atoms with E-state index in [-0.39, 0.29) is 51.6 Å². The minimum atomic E-state index is -5.33. The second-order valence-electron chi connectivity index (χ2n) is 6.36. The van der Waals surface area contributed by atoms with E-state index in [1.54, 1.807) is 0 Å². The number of ether oxygens (including phenoxy) is 1. The number of carbonyl (C=O) groups is 4. The lowest BCUT2D eigenvalue weighted by atomic mass is 10.1. The number of unbranched alkanes of at least 4 members (excludes halogenated alkanes) is 2. The number of hydrogen-bond donors (Lipinski definition) is 4. The summed E-state index contributed by atoms with van der Waals surface area (Å²) >= 11 is 0. The lowest BCUT2D eigenvalue weighted by Gasteiger charge is -2.21. The molecule has 180 valence electrons. The van der Waals surface area contributed by atoms with Crippen LogP contribution < -0.4 is 22.1 Å². The SMILES string of the molecule is NCCCC[C@H](NC(=O)C(F)(F)F)C(=O)OC(=O)[C@H](CCCCN)NC(=O)C(F)(F)F. The molecule has 0 bridgehead atoms. The third-order valence-electron chi connectivity index (χ3n) is 3.79. The molecular formula is C16H24F6N4O5. The highest BCUT2D eigenvalue weighted by molar-refractivity contribution is 5.95. The van der Waals surface area contributed by atoms with Crippen LogP contribution in [0.15, 0.2) is 0 Å². The van der Waals surface area contributed by atoms with Gasteiger partial charge in [-0.05, 0) is 51.6 Å². The minimum absolute atomic E-state index is 0.0767. The van der Waals surface area contributed by atoms with Crippen molar-refractivity contribution in [2.45, 2.75) is 63.0 Å². The van der Waals surface area contributed by atoms with E-state index in [2.05, 4.69) is 4.74 Å². The van der Waals surface area contributed by atoms with Gasteiger partial charge in [-0.2, -0.15) is 26.3 Å². The first-order valence-corrected chi connectivity index (χ1v) is 9.15. The van der Waals surface area contributed by atoms with Crippen LogP contribution in [0.3, 0.4) is 0 Å². The van der Waals surface area contributed by atoms with Gasteiger partial charge in [0.25, 0.3) is 0 Å². The standard InChI is InChI=1S/C16H24F6N4O5/c17-15(18,19)13(29)25-9(5-1-3-7-23)11(27)31-12(28)10(6-2-4-8-24)26-14(30)16(20,21)22/h9-10H,1-8,23-24H2,(H,25,29)(H,26,30)/t9-,10-/m0/s1. The molecule has 2 amide bonds. The largest absolute Gasteiger partial charge is 0.471 e. The van der Waals surface area contributed by atoms with Crippen LogP contribution in [-0.2, 0) is 23.9 Å². The summed E-state index contributed by atoms with van der Waals surface area (Å²) in [5.74, 6) is -8.19. The van der Waals surface area contributed by atoms with Gasteiger partial charge in [0.2, 0.25) is 0 Å². The highest BCUT2D eigenvalue weighted by atomic mass is 19.4. The van der Waals surface area contributed by atoms with E-state index in [0.29, 0.717) is 0 Å². The number of nitrogens with one attached hydrogen (secondary N) is 2. The Labute approximate surface area is 173 Å². The summed E-state index contributed by atoms with van der Waals surface area (Å²) in [7, 11) is 0. The summed E-state index contributed by atoms with van der Waals surface area (Å²) < 4.78 is 79.1. The molecule has 0 unspecified atom stereocenters. The van der Waals surface area contributed by atoms with Crippen molar-refractivity contribution >= 4 is 23.8 Å². The fourth-order valence-corrected chi connectivity index (χ4v) is 2.21. The molecule has 0 fully saturated rings. The van der Waals surface area contributed by atoms with Crippen molar-refractivity contribution in [3.8, 4) is 0 Å². The highest BCUT2D eigenvalue weighted by Gasteiger charge is 2.43. The van der Waals surface area contributed by atoms with Crippen LogP contribution in [0.4, 0.5) is 26.3 Å². The summed E-state index contributed by atoms with van der Waals surface area (Å²) in [4.78, 5) is 46.5. The Morgan fingerprint density at radius 3 is 1.26 bits per heavy atom. The molecule has 0 saturated carbocycles. The van der Waals surface area contributed by atoms with Crippen LogP contribution in [0.25, 0.3) is 0 Å². The predicted octanol–water partition coefficient (Wildman–Crippen LogP) is 0.408. The summed E-state index contributed by atoms with van der Waals surface area (Å²) in [6, 6.07) is -3.82. The second-order valence-corrected chi connectivity index (χ2v) is 6.36. The molecule has 0 rings (SSSR count). The van der Waals surface area contributed by atoms with Crippen LogP contribution in [-0.4, -0.2) is 61.3 Å². The summed E-state index contributed by atoms with van der Waals surface area (Å²) in [6.07, 6.45) is -10.7. The van der Waals surface area contributed by atoms with Gasteiger partial charge in [0.05, 0.1) is 0 Å². The molecule has 0 aliphatic rings. The average molecular weight is 466 g/mol. The quantitative estimate of drug-likeness (QED) is 0.141. The lowest BCUT2D eigenvalue weighted by Crippen LogP contribution is -2.51. The van der Waals surface area contributed by atoms with E-state index in [4.69, 9.17) is 11.5 Å². The molecule has 6 N–H and O–H groups in total. The monoisotopic (exact) mass is 466 g/mol.